The maximum Gasteiger partial charge on any atom is 0.313 e. The maximum atomic E-state index is 12.1. The van der Waals surface area contributed by atoms with Crippen molar-refractivity contribution in [2.45, 2.75) is 19.4 Å². The van der Waals surface area contributed by atoms with E-state index in [1.165, 1.54) is 19.1 Å². The highest BCUT2D eigenvalue weighted by molar-refractivity contribution is 6.39. The Balaban J connectivity index is 1.64. The molecule has 1 aliphatic rings. The summed E-state index contributed by atoms with van der Waals surface area (Å²) in [5.41, 5.74) is -0.815. The van der Waals surface area contributed by atoms with Gasteiger partial charge >= 0.3 is 11.8 Å². The number of carbonyl (C=O) groups is 2. The molecule has 29 heavy (non-hydrogen) atoms. The molecular formula is C19H19N3O7. The SMILES string of the molecule is Cc1ccc(NC(=O)C(=O)NCC(C)(O)c2ccc3c(c2)OCO3)c([N+](=O)[O-])c1. The quantitative estimate of drug-likeness (QED) is 0.393. The lowest BCUT2D eigenvalue weighted by atomic mass is 9.95. The Kier molecular flexibility index (Phi) is 5.37. The second-order valence-electron chi connectivity index (χ2n) is 6.76. The van der Waals surface area contributed by atoms with Crippen LogP contribution in [0.4, 0.5) is 11.4 Å². The smallest absolute Gasteiger partial charge is 0.313 e. The molecule has 0 bridgehead atoms. The van der Waals surface area contributed by atoms with Crippen LogP contribution < -0.4 is 20.1 Å². The Labute approximate surface area is 165 Å². The molecule has 152 valence electrons. The van der Waals surface area contributed by atoms with E-state index in [9.17, 15) is 24.8 Å². The van der Waals surface area contributed by atoms with E-state index in [-0.39, 0.29) is 24.7 Å². The molecule has 10 heteroatoms. The Morgan fingerprint density at radius 3 is 2.62 bits per heavy atom. The Bertz CT molecular complexity index is 988. The first-order valence-corrected chi connectivity index (χ1v) is 8.64. The molecule has 0 saturated carbocycles. The maximum absolute atomic E-state index is 12.1. The molecule has 0 aliphatic carbocycles. The number of nitro groups is 1. The molecule has 3 rings (SSSR count). The summed E-state index contributed by atoms with van der Waals surface area (Å²) in [6, 6.07) is 9.06. The normalized spacial score (nSPS) is 14.0. The monoisotopic (exact) mass is 401 g/mol. The lowest BCUT2D eigenvalue weighted by Crippen LogP contribution is -2.43. The molecule has 2 aromatic carbocycles. The van der Waals surface area contributed by atoms with Crippen LogP contribution in [-0.4, -0.2) is 35.2 Å². The van der Waals surface area contributed by atoms with Crippen molar-refractivity contribution in [2.75, 3.05) is 18.7 Å². The third-order valence-corrected chi connectivity index (χ3v) is 4.39. The number of anilines is 1. The Morgan fingerprint density at radius 1 is 1.17 bits per heavy atom. The number of carbonyl (C=O) groups excluding carboxylic acids is 2. The summed E-state index contributed by atoms with van der Waals surface area (Å²) in [4.78, 5) is 34.7. The minimum atomic E-state index is -1.49. The highest BCUT2D eigenvalue weighted by Crippen LogP contribution is 2.35. The van der Waals surface area contributed by atoms with Crippen molar-refractivity contribution in [3.63, 3.8) is 0 Å². The number of ether oxygens (including phenoxy) is 2. The minimum Gasteiger partial charge on any atom is -0.454 e. The third-order valence-electron chi connectivity index (χ3n) is 4.39. The number of hydrogen-bond acceptors (Lipinski definition) is 7. The van der Waals surface area contributed by atoms with Gasteiger partial charge in [0.25, 0.3) is 5.69 Å². The van der Waals surface area contributed by atoms with Gasteiger partial charge in [0.15, 0.2) is 11.5 Å². The van der Waals surface area contributed by atoms with Gasteiger partial charge in [-0.3, -0.25) is 19.7 Å². The van der Waals surface area contributed by atoms with Gasteiger partial charge in [0, 0.05) is 6.07 Å². The molecule has 1 unspecified atom stereocenters. The van der Waals surface area contributed by atoms with E-state index in [0.29, 0.717) is 22.6 Å². The summed E-state index contributed by atoms with van der Waals surface area (Å²) >= 11 is 0. The van der Waals surface area contributed by atoms with Crippen molar-refractivity contribution in [1.82, 2.24) is 5.32 Å². The molecule has 0 radical (unpaired) electrons. The van der Waals surface area contributed by atoms with Crippen molar-refractivity contribution >= 4 is 23.2 Å². The molecule has 0 spiro atoms. The lowest BCUT2D eigenvalue weighted by molar-refractivity contribution is -0.384. The number of nitrogens with zero attached hydrogens (tertiary/aromatic N) is 1. The number of nitro benzene ring substituents is 1. The number of aliphatic hydroxyl groups is 1. The van der Waals surface area contributed by atoms with E-state index in [0.717, 1.165) is 0 Å². The number of fused-ring (bicyclic) bond motifs is 1. The Hall–Kier alpha value is -3.66. The Morgan fingerprint density at radius 2 is 1.90 bits per heavy atom. The van der Waals surface area contributed by atoms with Gasteiger partial charge in [-0.2, -0.15) is 0 Å². The highest BCUT2D eigenvalue weighted by atomic mass is 16.7. The van der Waals surface area contributed by atoms with Gasteiger partial charge in [-0.1, -0.05) is 12.1 Å². The predicted molar refractivity (Wildman–Crippen MR) is 102 cm³/mol. The van der Waals surface area contributed by atoms with Crippen LogP contribution in [0.25, 0.3) is 0 Å². The van der Waals surface area contributed by atoms with Crippen molar-refractivity contribution in [2.24, 2.45) is 0 Å². The fourth-order valence-electron chi connectivity index (χ4n) is 2.74. The van der Waals surface area contributed by atoms with Gasteiger partial charge in [0.1, 0.15) is 11.3 Å². The molecule has 0 aromatic heterocycles. The van der Waals surface area contributed by atoms with Gasteiger partial charge in [-0.05, 0) is 43.2 Å². The number of aryl methyl sites for hydroxylation is 1. The minimum absolute atomic E-state index is 0.0863. The summed E-state index contributed by atoms with van der Waals surface area (Å²) in [7, 11) is 0. The van der Waals surface area contributed by atoms with Crippen molar-refractivity contribution < 1.29 is 29.1 Å². The van der Waals surface area contributed by atoms with E-state index in [1.807, 2.05) is 0 Å². The molecule has 1 aliphatic heterocycles. The number of rotatable bonds is 5. The molecule has 1 atom stereocenters. The van der Waals surface area contributed by atoms with Crippen LogP contribution in [-0.2, 0) is 15.2 Å². The average Bonchev–Trinajstić information content (AvgIpc) is 3.15. The highest BCUT2D eigenvalue weighted by Gasteiger charge is 2.28. The first kappa shape index (κ1) is 20.1. The van der Waals surface area contributed by atoms with Crippen molar-refractivity contribution in [3.05, 3.63) is 57.6 Å². The van der Waals surface area contributed by atoms with Crippen molar-refractivity contribution in [1.29, 1.82) is 0 Å². The average molecular weight is 401 g/mol. The second-order valence-corrected chi connectivity index (χ2v) is 6.76. The lowest BCUT2D eigenvalue weighted by Gasteiger charge is -2.24. The van der Waals surface area contributed by atoms with Crippen LogP contribution in [0, 0.1) is 17.0 Å². The molecule has 1 heterocycles. The predicted octanol–water partition coefficient (Wildman–Crippen LogP) is 1.59. The van der Waals surface area contributed by atoms with Gasteiger partial charge in [-0.15, -0.1) is 0 Å². The van der Waals surface area contributed by atoms with E-state index in [4.69, 9.17) is 9.47 Å². The molecular weight excluding hydrogens is 382 g/mol. The van der Waals surface area contributed by atoms with Gasteiger partial charge < -0.3 is 25.2 Å². The summed E-state index contributed by atoms with van der Waals surface area (Å²) in [5.74, 6) is -1.11. The topological polar surface area (TPSA) is 140 Å². The van der Waals surface area contributed by atoms with Crippen LogP contribution >= 0.6 is 0 Å². The fraction of sp³-hybridized carbons (Fsp3) is 0.263. The van der Waals surface area contributed by atoms with Gasteiger partial charge in [0.2, 0.25) is 6.79 Å². The summed E-state index contributed by atoms with van der Waals surface area (Å²) in [5, 5.41) is 26.3. The second kappa shape index (κ2) is 7.76. The number of nitrogens with one attached hydrogen (secondary N) is 2. The first-order chi connectivity index (χ1) is 13.7. The van der Waals surface area contributed by atoms with Crippen LogP contribution in [0.5, 0.6) is 11.5 Å². The van der Waals surface area contributed by atoms with Gasteiger partial charge in [-0.25, -0.2) is 0 Å². The molecule has 2 aromatic rings. The summed E-state index contributed by atoms with van der Waals surface area (Å²) < 4.78 is 10.5. The van der Waals surface area contributed by atoms with E-state index < -0.39 is 22.3 Å². The van der Waals surface area contributed by atoms with E-state index >= 15 is 0 Å². The van der Waals surface area contributed by atoms with Crippen LogP contribution in [0.2, 0.25) is 0 Å². The number of benzene rings is 2. The van der Waals surface area contributed by atoms with Crippen LogP contribution in [0.1, 0.15) is 18.1 Å². The van der Waals surface area contributed by atoms with Gasteiger partial charge in [0.05, 0.1) is 11.5 Å². The van der Waals surface area contributed by atoms with Crippen molar-refractivity contribution in [3.8, 4) is 11.5 Å². The van der Waals surface area contributed by atoms with Crippen LogP contribution in [0.15, 0.2) is 36.4 Å². The third kappa shape index (κ3) is 4.43. The fourth-order valence-corrected chi connectivity index (χ4v) is 2.74. The summed E-state index contributed by atoms with van der Waals surface area (Å²) in [6.07, 6.45) is 0. The largest absolute Gasteiger partial charge is 0.454 e. The number of amides is 2. The molecule has 0 fully saturated rings. The van der Waals surface area contributed by atoms with Crippen LogP contribution in [0.3, 0.4) is 0 Å². The first-order valence-electron chi connectivity index (χ1n) is 8.64. The summed E-state index contributed by atoms with van der Waals surface area (Å²) in [6.45, 7) is 2.95. The molecule has 3 N–H and O–H groups in total. The standard InChI is InChI=1S/C19H19N3O7/c1-11-3-5-13(14(7-11)22(26)27)21-18(24)17(23)20-9-19(2,25)12-4-6-15-16(8-12)29-10-28-15/h3-8,25H,9-10H2,1-2H3,(H,20,23)(H,21,24). The molecule has 2 amide bonds. The van der Waals surface area contributed by atoms with E-state index in [2.05, 4.69) is 10.6 Å². The molecule has 10 nitrogen and oxygen atoms in total. The zero-order valence-corrected chi connectivity index (χ0v) is 15.7. The zero-order valence-electron chi connectivity index (χ0n) is 15.7. The van der Waals surface area contributed by atoms with E-state index in [1.54, 1.807) is 31.2 Å². The molecule has 0 saturated heterocycles. The zero-order chi connectivity index (χ0) is 21.2. The number of hydrogen-bond donors (Lipinski definition) is 3.